The van der Waals surface area contributed by atoms with E-state index >= 15 is 0 Å². The molecule has 3 rings (SSSR count). The summed E-state index contributed by atoms with van der Waals surface area (Å²) in [5.41, 5.74) is 11.5. The molecule has 5 nitrogen and oxygen atoms in total. The van der Waals surface area contributed by atoms with Gasteiger partial charge in [-0.2, -0.15) is 0 Å². The molecule has 0 fully saturated rings. The highest BCUT2D eigenvalue weighted by molar-refractivity contribution is 6.01. The van der Waals surface area contributed by atoms with Gasteiger partial charge in [-0.1, -0.05) is 63.2 Å². The van der Waals surface area contributed by atoms with Crippen LogP contribution in [0.2, 0.25) is 0 Å². The van der Waals surface area contributed by atoms with E-state index in [9.17, 15) is 4.79 Å². The molecule has 0 saturated heterocycles. The first-order chi connectivity index (χ1) is 13.0. The van der Waals surface area contributed by atoms with Crippen LogP contribution in [-0.4, -0.2) is 18.0 Å². The Morgan fingerprint density at radius 1 is 1.07 bits per heavy atom. The fourth-order valence-corrected chi connectivity index (χ4v) is 3.31. The Balaban J connectivity index is 0.00000126. The van der Waals surface area contributed by atoms with Crippen molar-refractivity contribution in [1.82, 2.24) is 5.01 Å². The van der Waals surface area contributed by atoms with Crippen LogP contribution in [0.25, 0.3) is 11.4 Å². The second-order valence-corrected chi connectivity index (χ2v) is 6.28. The van der Waals surface area contributed by atoms with Crippen molar-refractivity contribution in [2.75, 3.05) is 11.9 Å². The maximum Gasteiger partial charge on any atom is 0.227 e. The molecule has 27 heavy (non-hydrogen) atoms. The van der Waals surface area contributed by atoms with Gasteiger partial charge in [0.05, 0.1) is 23.6 Å². The summed E-state index contributed by atoms with van der Waals surface area (Å²) in [5, 5.41) is 1.55. The molecule has 5 heteroatoms. The third-order valence-electron chi connectivity index (χ3n) is 4.46. The van der Waals surface area contributed by atoms with E-state index in [-0.39, 0.29) is 5.91 Å². The van der Waals surface area contributed by atoms with Crippen LogP contribution in [0.4, 0.5) is 5.69 Å². The van der Waals surface area contributed by atoms with Crippen molar-refractivity contribution in [3.05, 3.63) is 65.2 Å². The van der Waals surface area contributed by atoms with E-state index in [0.29, 0.717) is 18.7 Å². The molecule has 0 bridgehead atoms. The van der Waals surface area contributed by atoms with Crippen LogP contribution in [0, 0.1) is 0 Å². The maximum atomic E-state index is 12.8. The molecule has 0 aromatic heterocycles. The van der Waals surface area contributed by atoms with Crippen molar-refractivity contribution in [2.24, 2.45) is 11.6 Å². The lowest BCUT2D eigenvalue weighted by Crippen LogP contribution is -2.34. The Bertz CT molecular complexity index is 827. The van der Waals surface area contributed by atoms with Crippen LogP contribution >= 0.6 is 0 Å². The van der Waals surface area contributed by atoms with Crippen molar-refractivity contribution < 1.29 is 4.79 Å². The summed E-state index contributed by atoms with van der Waals surface area (Å²) in [4.78, 5) is 14.6. The topological polar surface area (TPSA) is 75.6 Å². The number of hydrazine groups is 1. The van der Waals surface area contributed by atoms with Crippen molar-refractivity contribution in [3.8, 4) is 0 Å². The first-order valence-electron chi connectivity index (χ1n) is 9.50. The zero-order valence-corrected chi connectivity index (χ0v) is 16.7. The van der Waals surface area contributed by atoms with Crippen molar-refractivity contribution in [3.63, 3.8) is 0 Å². The minimum Gasteiger partial charge on any atom is -0.396 e. The van der Waals surface area contributed by atoms with Gasteiger partial charge in [0.15, 0.2) is 0 Å². The van der Waals surface area contributed by atoms with E-state index in [1.165, 1.54) is 0 Å². The Hall–Kier alpha value is -2.79. The molecule has 0 aliphatic carbocycles. The second kappa shape index (κ2) is 9.24. The second-order valence-electron chi connectivity index (χ2n) is 6.28. The number of para-hydroxylation sites is 1. The van der Waals surface area contributed by atoms with Gasteiger partial charge in [-0.05, 0) is 18.1 Å². The highest BCUT2D eigenvalue weighted by Gasteiger charge is 2.26. The number of nitrogens with two attached hydrogens (primary N) is 2. The first-order valence-corrected chi connectivity index (χ1v) is 9.50. The number of carbonyl (C=O) groups is 1. The quantitative estimate of drug-likeness (QED) is 0.637. The van der Waals surface area contributed by atoms with Crippen LogP contribution in [0.15, 0.2) is 48.5 Å². The summed E-state index contributed by atoms with van der Waals surface area (Å²) in [6, 6.07) is 15.7. The van der Waals surface area contributed by atoms with Crippen molar-refractivity contribution in [2.45, 2.75) is 40.2 Å². The number of anilines is 1. The normalized spacial score (nSPS) is 15.5. The number of carbonyl (C=O) groups excluding carboxylic acids is 1. The highest BCUT2D eigenvalue weighted by atomic mass is 16.2. The summed E-state index contributed by atoms with van der Waals surface area (Å²) in [5.74, 6) is 6.21. The van der Waals surface area contributed by atoms with Gasteiger partial charge >= 0.3 is 0 Å². The minimum atomic E-state index is 0.0992. The predicted molar refractivity (Wildman–Crippen MR) is 113 cm³/mol. The SMILES string of the molecule is CC.CCCC(=O)N1Cc2ccccc2/C(N(C)N)=C(/N)c2ccccc21. The Kier molecular flexibility index (Phi) is 7.02. The number of hydrogen-bond donors (Lipinski definition) is 2. The molecule has 0 saturated carbocycles. The smallest absolute Gasteiger partial charge is 0.227 e. The minimum absolute atomic E-state index is 0.0992. The summed E-state index contributed by atoms with van der Waals surface area (Å²) in [6.07, 6.45) is 1.31. The lowest BCUT2D eigenvalue weighted by atomic mass is 9.95. The number of fused-ring (bicyclic) bond motifs is 2. The van der Waals surface area contributed by atoms with Crippen LogP contribution < -0.4 is 16.5 Å². The summed E-state index contributed by atoms with van der Waals surface area (Å²) in [7, 11) is 1.78. The van der Waals surface area contributed by atoms with E-state index < -0.39 is 0 Å². The van der Waals surface area contributed by atoms with Gasteiger partial charge in [-0.25, -0.2) is 5.84 Å². The third-order valence-corrected chi connectivity index (χ3v) is 4.46. The summed E-state index contributed by atoms with van der Waals surface area (Å²) in [6.45, 7) is 6.51. The molecule has 2 aromatic rings. The molecular formula is C22H30N4O. The first kappa shape index (κ1) is 20.5. The summed E-state index contributed by atoms with van der Waals surface area (Å²) >= 11 is 0. The lowest BCUT2D eigenvalue weighted by molar-refractivity contribution is -0.118. The van der Waals surface area contributed by atoms with Crippen LogP contribution in [0.5, 0.6) is 0 Å². The fraction of sp³-hybridized carbons (Fsp3) is 0.318. The van der Waals surface area contributed by atoms with Gasteiger partial charge in [0.1, 0.15) is 0 Å². The number of amides is 1. The predicted octanol–water partition coefficient (Wildman–Crippen LogP) is 3.95. The van der Waals surface area contributed by atoms with Gasteiger partial charge in [-0.3, -0.25) is 4.79 Å². The molecular weight excluding hydrogens is 336 g/mol. The van der Waals surface area contributed by atoms with Crippen LogP contribution in [-0.2, 0) is 11.3 Å². The Labute approximate surface area is 162 Å². The van der Waals surface area contributed by atoms with Crippen LogP contribution in [0.3, 0.4) is 0 Å². The molecule has 144 valence electrons. The van der Waals surface area contributed by atoms with Crippen molar-refractivity contribution in [1.29, 1.82) is 0 Å². The fourth-order valence-electron chi connectivity index (χ4n) is 3.31. The molecule has 0 radical (unpaired) electrons. The summed E-state index contributed by atoms with van der Waals surface area (Å²) < 4.78 is 0. The third kappa shape index (κ3) is 4.14. The molecule has 1 aliphatic rings. The van der Waals surface area contributed by atoms with E-state index in [0.717, 1.165) is 34.5 Å². The van der Waals surface area contributed by atoms with Gasteiger partial charge < -0.3 is 15.6 Å². The van der Waals surface area contributed by atoms with E-state index in [4.69, 9.17) is 11.6 Å². The molecule has 1 aliphatic heterocycles. The number of benzene rings is 2. The molecule has 4 N–H and O–H groups in total. The molecule has 0 spiro atoms. The van der Waals surface area contributed by atoms with E-state index in [1.54, 1.807) is 12.1 Å². The number of nitrogens with zero attached hydrogens (tertiary/aromatic N) is 2. The molecule has 0 unspecified atom stereocenters. The molecule has 1 amide bonds. The molecule has 0 atom stereocenters. The maximum absolute atomic E-state index is 12.8. The van der Waals surface area contributed by atoms with Gasteiger partial charge in [0.2, 0.25) is 5.91 Å². The lowest BCUT2D eigenvalue weighted by Gasteiger charge is -2.31. The van der Waals surface area contributed by atoms with E-state index in [2.05, 4.69) is 0 Å². The Morgan fingerprint density at radius 3 is 2.30 bits per heavy atom. The number of rotatable bonds is 3. The average Bonchev–Trinajstić information content (AvgIpc) is 2.67. The molecule has 2 aromatic carbocycles. The van der Waals surface area contributed by atoms with Crippen molar-refractivity contribution >= 4 is 23.0 Å². The van der Waals surface area contributed by atoms with Gasteiger partial charge in [-0.15, -0.1) is 0 Å². The van der Waals surface area contributed by atoms with Crippen LogP contribution in [0.1, 0.15) is 50.3 Å². The van der Waals surface area contributed by atoms with E-state index in [1.807, 2.05) is 74.2 Å². The zero-order chi connectivity index (χ0) is 20.0. The standard InChI is InChI=1S/C20H24N4O.C2H6/c1-3-8-18(25)24-13-14-9-4-5-10-15(14)20(23(2)22)19(21)16-11-6-7-12-17(16)24;1-2/h4-7,9-12H,3,8,13,21-22H2,1-2H3;1-2H3/b20-19-;. The highest BCUT2D eigenvalue weighted by Crippen LogP contribution is 2.36. The van der Waals surface area contributed by atoms with Gasteiger partial charge in [0.25, 0.3) is 0 Å². The monoisotopic (exact) mass is 366 g/mol. The Morgan fingerprint density at radius 2 is 1.67 bits per heavy atom. The van der Waals surface area contributed by atoms with Gasteiger partial charge in [0, 0.05) is 24.6 Å². The largest absolute Gasteiger partial charge is 0.396 e. The number of hydrogen-bond acceptors (Lipinski definition) is 4. The zero-order valence-electron chi connectivity index (χ0n) is 16.7. The molecule has 1 heterocycles. The average molecular weight is 367 g/mol.